The molecule has 2 amide bonds. The van der Waals surface area contributed by atoms with Crippen molar-refractivity contribution < 1.29 is 14.7 Å². The van der Waals surface area contributed by atoms with Crippen LogP contribution in [-0.4, -0.2) is 83.0 Å². The molecule has 0 aromatic heterocycles. The van der Waals surface area contributed by atoms with E-state index >= 15 is 0 Å². The van der Waals surface area contributed by atoms with E-state index in [1.54, 1.807) is 24.0 Å². The van der Waals surface area contributed by atoms with Gasteiger partial charge in [0.1, 0.15) is 0 Å². The third-order valence-electron chi connectivity index (χ3n) is 8.14. The van der Waals surface area contributed by atoms with Crippen molar-refractivity contribution in [2.75, 3.05) is 44.6 Å². The molecule has 2 N–H and O–H groups in total. The van der Waals surface area contributed by atoms with Crippen molar-refractivity contribution in [2.45, 2.75) is 56.7 Å². The Kier molecular flexibility index (Phi) is 7.75. The molecule has 3 saturated heterocycles. The first-order chi connectivity index (χ1) is 17.8. The Morgan fingerprint density at radius 1 is 0.946 bits per heavy atom. The minimum atomic E-state index is -1.50. The minimum absolute atomic E-state index is 0.0289. The number of hydrogen-bond donors (Lipinski definition) is 2. The molecule has 0 saturated carbocycles. The van der Waals surface area contributed by atoms with Crippen LogP contribution < -0.4 is 5.32 Å². The fourth-order valence-corrected chi connectivity index (χ4v) is 6.07. The summed E-state index contributed by atoms with van der Waals surface area (Å²) in [6.45, 7) is 6.40. The normalized spacial score (nSPS) is 21.3. The van der Waals surface area contributed by atoms with Gasteiger partial charge in [0, 0.05) is 51.0 Å². The van der Waals surface area contributed by atoms with Gasteiger partial charge in [-0.15, -0.1) is 0 Å². The number of halogens is 1. The topological polar surface area (TPSA) is 76.1 Å². The molecule has 0 unspecified atom stereocenters. The van der Waals surface area contributed by atoms with E-state index in [1.807, 2.05) is 41.3 Å². The Bertz CT molecular complexity index is 1110. The molecular weight excluding hydrogens is 488 g/mol. The van der Waals surface area contributed by atoms with E-state index < -0.39 is 5.60 Å². The van der Waals surface area contributed by atoms with Gasteiger partial charge in [0.25, 0.3) is 11.8 Å². The number of likely N-dealkylation sites (tertiary alicyclic amines) is 3. The molecule has 3 fully saturated rings. The summed E-state index contributed by atoms with van der Waals surface area (Å²) in [4.78, 5) is 32.0. The van der Waals surface area contributed by atoms with E-state index in [4.69, 9.17) is 11.6 Å². The Hall–Kier alpha value is -2.61. The van der Waals surface area contributed by atoms with Gasteiger partial charge in [-0.2, -0.15) is 0 Å². The van der Waals surface area contributed by atoms with Crippen LogP contribution in [-0.2, 0) is 10.4 Å². The first-order valence-corrected chi connectivity index (χ1v) is 13.9. The number of amides is 2. The van der Waals surface area contributed by atoms with Gasteiger partial charge in [-0.3, -0.25) is 14.5 Å². The predicted octanol–water partition coefficient (Wildman–Crippen LogP) is 3.96. The summed E-state index contributed by atoms with van der Waals surface area (Å²) in [7, 11) is 0. The minimum Gasteiger partial charge on any atom is -0.380 e. The van der Waals surface area contributed by atoms with Crippen LogP contribution in [0.3, 0.4) is 0 Å². The number of carbonyl (C=O) groups excluding carboxylic acids is 2. The van der Waals surface area contributed by atoms with Gasteiger partial charge >= 0.3 is 0 Å². The summed E-state index contributed by atoms with van der Waals surface area (Å²) < 4.78 is 0. The average Bonchev–Trinajstić information content (AvgIpc) is 2.91. The maximum absolute atomic E-state index is 13.0. The van der Waals surface area contributed by atoms with E-state index in [0.29, 0.717) is 41.3 Å². The SMILES string of the molecule is C[C@@](O)(C(=O)N1CCC(N2CC(Nc3ccc(C(=O)N4CCCCC4)c(Cl)c3)C2)CC1)c1ccccc1. The van der Waals surface area contributed by atoms with Crippen LogP contribution in [0.1, 0.15) is 54.9 Å². The van der Waals surface area contributed by atoms with E-state index in [1.165, 1.54) is 6.42 Å². The van der Waals surface area contributed by atoms with E-state index in [0.717, 1.165) is 57.5 Å². The summed E-state index contributed by atoms with van der Waals surface area (Å²) in [6.07, 6.45) is 5.12. The molecule has 37 heavy (non-hydrogen) atoms. The third-order valence-corrected chi connectivity index (χ3v) is 8.46. The van der Waals surface area contributed by atoms with Crippen molar-refractivity contribution in [2.24, 2.45) is 0 Å². The molecule has 2 aromatic rings. The quantitative estimate of drug-likeness (QED) is 0.598. The number of anilines is 1. The Balaban J connectivity index is 1.08. The zero-order valence-electron chi connectivity index (χ0n) is 21.5. The molecule has 3 aliphatic rings. The van der Waals surface area contributed by atoms with Gasteiger partial charge in [0.2, 0.25) is 0 Å². The smallest absolute Gasteiger partial charge is 0.258 e. The fourth-order valence-electron chi connectivity index (χ4n) is 5.81. The highest BCUT2D eigenvalue weighted by Gasteiger charge is 2.40. The zero-order chi connectivity index (χ0) is 26.0. The molecule has 3 aliphatic heterocycles. The second kappa shape index (κ2) is 11.0. The number of nitrogens with zero attached hydrogens (tertiary/aromatic N) is 3. The highest BCUT2D eigenvalue weighted by Crippen LogP contribution is 2.29. The molecule has 3 heterocycles. The lowest BCUT2D eigenvalue weighted by atomic mass is 9.92. The number of aliphatic hydroxyl groups is 1. The summed E-state index contributed by atoms with van der Waals surface area (Å²) >= 11 is 6.50. The zero-order valence-corrected chi connectivity index (χ0v) is 22.3. The molecule has 8 heteroatoms. The molecule has 5 rings (SSSR count). The summed E-state index contributed by atoms with van der Waals surface area (Å²) in [5.74, 6) is -0.194. The van der Waals surface area contributed by atoms with Crippen molar-refractivity contribution in [1.82, 2.24) is 14.7 Å². The van der Waals surface area contributed by atoms with Crippen LogP contribution in [0.5, 0.6) is 0 Å². The van der Waals surface area contributed by atoms with Gasteiger partial charge in [0.05, 0.1) is 16.6 Å². The van der Waals surface area contributed by atoms with E-state index in [-0.39, 0.29) is 11.8 Å². The van der Waals surface area contributed by atoms with Gasteiger partial charge < -0.3 is 20.2 Å². The second-order valence-electron chi connectivity index (χ2n) is 10.8. The fraction of sp³-hybridized carbons (Fsp3) is 0.517. The number of carbonyl (C=O) groups is 2. The van der Waals surface area contributed by atoms with Crippen molar-refractivity contribution in [1.29, 1.82) is 0 Å². The Labute approximate surface area is 224 Å². The standard InChI is InChI=1S/C29H37ClN4O3/c1-29(37,21-8-4-2-5-9-21)28(36)33-16-12-24(13-17-33)34-19-23(20-34)31-22-10-11-25(26(30)18-22)27(35)32-14-6-3-7-15-32/h2,4-5,8-11,18,23-24,31,37H,3,6-7,12-17,19-20H2,1H3/t29-/m0/s1. The van der Waals surface area contributed by atoms with Crippen molar-refractivity contribution in [3.8, 4) is 0 Å². The largest absolute Gasteiger partial charge is 0.380 e. The van der Waals surface area contributed by atoms with Crippen LogP contribution in [0, 0.1) is 0 Å². The molecule has 0 aliphatic carbocycles. The van der Waals surface area contributed by atoms with Crippen molar-refractivity contribution >= 4 is 29.1 Å². The van der Waals surface area contributed by atoms with Crippen LogP contribution in [0.15, 0.2) is 48.5 Å². The molecule has 7 nitrogen and oxygen atoms in total. The summed E-state index contributed by atoms with van der Waals surface area (Å²) in [5.41, 5.74) is 0.641. The van der Waals surface area contributed by atoms with E-state index in [9.17, 15) is 14.7 Å². The number of piperidine rings is 2. The average molecular weight is 525 g/mol. The summed E-state index contributed by atoms with van der Waals surface area (Å²) in [5, 5.41) is 15.0. The monoisotopic (exact) mass is 524 g/mol. The first kappa shape index (κ1) is 26.0. The lowest BCUT2D eigenvalue weighted by Gasteiger charge is -2.48. The van der Waals surface area contributed by atoms with Gasteiger partial charge in [-0.25, -0.2) is 0 Å². The highest BCUT2D eigenvalue weighted by molar-refractivity contribution is 6.34. The lowest BCUT2D eigenvalue weighted by molar-refractivity contribution is -0.152. The molecule has 0 bridgehead atoms. The predicted molar refractivity (Wildman–Crippen MR) is 146 cm³/mol. The third kappa shape index (κ3) is 5.64. The second-order valence-corrected chi connectivity index (χ2v) is 11.2. The lowest BCUT2D eigenvalue weighted by Crippen LogP contribution is -2.61. The molecule has 0 spiro atoms. The van der Waals surface area contributed by atoms with Gasteiger partial charge in [-0.05, 0) is 62.8 Å². The van der Waals surface area contributed by atoms with Crippen LogP contribution in [0.25, 0.3) is 0 Å². The molecule has 0 radical (unpaired) electrons. The van der Waals surface area contributed by atoms with Crippen LogP contribution >= 0.6 is 11.6 Å². The molecule has 2 aromatic carbocycles. The molecule has 1 atom stereocenters. The maximum atomic E-state index is 13.0. The first-order valence-electron chi connectivity index (χ1n) is 13.5. The number of hydrogen-bond acceptors (Lipinski definition) is 5. The van der Waals surface area contributed by atoms with Crippen molar-refractivity contribution in [3.05, 3.63) is 64.7 Å². The molecular formula is C29H37ClN4O3. The highest BCUT2D eigenvalue weighted by atomic mass is 35.5. The van der Waals surface area contributed by atoms with E-state index in [2.05, 4.69) is 10.2 Å². The Morgan fingerprint density at radius 2 is 1.62 bits per heavy atom. The van der Waals surface area contributed by atoms with Gasteiger partial charge in [0.15, 0.2) is 5.60 Å². The van der Waals surface area contributed by atoms with Crippen LogP contribution in [0.2, 0.25) is 5.02 Å². The van der Waals surface area contributed by atoms with Crippen molar-refractivity contribution in [3.63, 3.8) is 0 Å². The summed E-state index contributed by atoms with van der Waals surface area (Å²) in [6, 6.07) is 15.6. The van der Waals surface area contributed by atoms with Crippen LogP contribution in [0.4, 0.5) is 5.69 Å². The number of rotatable bonds is 6. The maximum Gasteiger partial charge on any atom is 0.258 e. The number of benzene rings is 2. The molecule has 198 valence electrons. The Morgan fingerprint density at radius 3 is 2.27 bits per heavy atom. The number of nitrogens with one attached hydrogen (secondary N) is 1. The van der Waals surface area contributed by atoms with Gasteiger partial charge in [-0.1, -0.05) is 41.9 Å².